The minimum Gasteiger partial charge on any atom is -0.494 e. The van der Waals surface area contributed by atoms with E-state index in [4.69, 9.17) is 9.47 Å². The molecule has 1 fully saturated rings. The summed E-state index contributed by atoms with van der Waals surface area (Å²) < 4.78 is 13.7. The highest BCUT2D eigenvalue weighted by atomic mass is 16.5. The third-order valence-corrected chi connectivity index (χ3v) is 5.79. The number of ether oxygens (including phenoxy) is 2. The normalized spacial score (nSPS) is 19.1. The van der Waals surface area contributed by atoms with E-state index < -0.39 is 5.60 Å². The maximum Gasteiger partial charge on any atom is 0.119 e. The standard InChI is InChI=1S/C26H33N3O3/c1-22-13-17-29(27-22)16-6-18-31-25-11-9-23(10-12-25)19-28-15-5-14-26(30,20-28)21-32-24-7-3-2-4-8-24/h2-4,7-13,17,30H,5-6,14-16,18-21H2,1H3/t26-/m0/s1. The Bertz CT molecular complexity index is 958. The third-order valence-electron chi connectivity index (χ3n) is 5.79. The number of nitrogens with zero attached hydrogens (tertiary/aromatic N) is 3. The molecule has 0 bridgehead atoms. The summed E-state index contributed by atoms with van der Waals surface area (Å²) in [6.07, 6.45) is 4.65. The summed E-state index contributed by atoms with van der Waals surface area (Å²) in [5.41, 5.74) is 1.44. The van der Waals surface area contributed by atoms with E-state index >= 15 is 0 Å². The summed E-state index contributed by atoms with van der Waals surface area (Å²) in [7, 11) is 0. The lowest BCUT2D eigenvalue weighted by molar-refractivity contribution is -0.0621. The zero-order valence-electron chi connectivity index (χ0n) is 18.8. The monoisotopic (exact) mass is 435 g/mol. The first-order valence-electron chi connectivity index (χ1n) is 11.4. The van der Waals surface area contributed by atoms with Crippen molar-refractivity contribution >= 4 is 0 Å². The Morgan fingerprint density at radius 3 is 2.53 bits per heavy atom. The quantitative estimate of drug-likeness (QED) is 0.487. The Labute approximate surface area is 190 Å². The second-order valence-electron chi connectivity index (χ2n) is 8.71. The summed E-state index contributed by atoms with van der Waals surface area (Å²) >= 11 is 0. The van der Waals surface area contributed by atoms with Crippen LogP contribution >= 0.6 is 0 Å². The van der Waals surface area contributed by atoms with Crippen LogP contribution in [-0.4, -0.2) is 51.7 Å². The predicted molar refractivity (Wildman–Crippen MR) is 125 cm³/mol. The van der Waals surface area contributed by atoms with Crippen LogP contribution in [0, 0.1) is 6.92 Å². The van der Waals surface area contributed by atoms with Crippen molar-refractivity contribution in [1.82, 2.24) is 14.7 Å². The smallest absolute Gasteiger partial charge is 0.119 e. The summed E-state index contributed by atoms with van der Waals surface area (Å²) in [4.78, 5) is 2.31. The maximum absolute atomic E-state index is 11.0. The number of benzene rings is 2. The van der Waals surface area contributed by atoms with Crippen molar-refractivity contribution in [3.05, 3.63) is 78.1 Å². The molecule has 6 nitrogen and oxygen atoms in total. The average molecular weight is 436 g/mol. The second-order valence-corrected chi connectivity index (χ2v) is 8.71. The van der Waals surface area contributed by atoms with Gasteiger partial charge in [0.15, 0.2) is 0 Å². The van der Waals surface area contributed by atoms with E-state index in [1.165, 1.54) is 5.56 Å². The molecule has 2 aromatic carbocycles. The zero-order chi connectivity index (χ0) is 22.2. The van der Waals surface area contributed by atoms with Crippen molar-refractivity contribution in [3.8, 4) is 11.5 Å². The van der Waals surface area contributed by atoms with Crippen molar-refractivity contribution in [2.24, 2.45) is 0 Å². The van der Waals surface area contributed by atoms with Crippen molar-refractivity contribution in [2.45, 2.75) is 44.9 Å². The van der Waals surface area contributed by atoms with Gasteiger partial charge in [0.1, 0.15) is 23.7 Å². The molecule has 0 unspecified atom stereocenters. The van der Waals surface area contributed by atoms with Gasteiger partial charge in [-0.3, -0.25) is 9.58 Å². The van der Waals surface area contributed by atoms with Gasteiger partial charge in [-0.05, 0) is 62.2 Å². The van der Waals surface area contributed by atoms with E-state index in [2.05, 4.69) is 22.1 Å². The lowest BCUT2D eigenvalue weighted by Gasteiger charge is -2.39. The Morgan fingerprint density at radius 1 is 1.00 bits per heavy atom. The SMILES string of the molecule is Cc1ccn(CCCOc2ccc(CN3CCC[C@@](O)(COc4ccccc4)C3)cc2)n1. The molecule has 1 aliphatic rings. The number of hydrogen-bond donors (Lipinski definition) is 1. The number of β-amino-alcohol motifs (C(OH)–C–C–N with tert-alkyl or cyclic N) is 1. The first-order valence-corrected chi connectivity index (χ1v) is 11.4. The number of likely N-dealkylation sites (tertiary alicyclic amines) is 1. The Morgan fingerprint density at radius 2 is 1.78 bits per heavy atom. The summed E-state index contributed by atoms with van der Waals surface area (Å²) in [6, 6.07) is 20.0. The molecule has 170 valence electrons. The van der Waals surface area contributed by atoms with Gasteiger partial charge in [-0.1, -0.05) is 30.3 Å². The molecule has 1 saturated heterocycles. The predicted octanol–water partition coefficient (Wildman–Crippen LogP) is 4.07. The minimum absolute atomic E-state index is 0.318. The van der Waals surface area contributed by atoms with Crippen LogP contribution in [0.15, 0.2) is 66.9 Å². The van der Waals surface area contributed by atoms with Crippen LogP contribution in [0.2, 0.25) is 0 Å². The fraction of sp³-hybridized carbons (Fsp3) is 0.423. The molecule has 0 saturated carbocycles. The molecule has 6 heteroatoms. The molecule has 0 amide bonds. The second kappa shape index (κ2) is 10.7. The average Bonchev–Trinajstić information content (AvgIpc) is 3.22. The summed E-state index contributed by atoms with van der Waals surface area (Å²) in [5.74, 6) is 1.69. The molecule has 0 radical (unpaired) electrons. The molecule has 2 heterocycles. The molecule has 3 aromatic rings. The molecule has 1 atom stereocenters. The molecule has 0 aliphatic carbocycles. The number of hydrogen-bond acceptors (Lipinski definition) is 5. The van der Waals surface area contributed by atoms with Crippen LogP contribution < -0.4 is 9.47 Å². The fourth-order valence-corrected chi connectivity index (χ4v) is 4.15. The fourth-order valence-electron chi connectivity index (χ4n) is 4.15. The molecule has 4 rings (SSSR count). The zero-order valence-corrected chi connectivity index (χ0v) is 18.8. The number of aryl methyl sites for hydroxylation is 2. The molecule has 32 heavy (non-hydrogen) atoms. The highest BCUT2D eigenvalue weighted by Crippen LogP contribution is 2.24. The van der Waals surface area contributed by atoms with E-state index in [0.717, 1.165) is 56.1 Å². The molecular weight excluding hydrogens is 402 g/mol. The molecular formula is C26H33N3O3. The number of aromatic nitrogens is 2. The van der Waals surface area contributed by atoms with Crippen LogP contribution in [0.1, 0.15) is 30.5 Å². The van der Waals surface area contributed by atoms with Crippen molar-refractivity contribution < 1.29 is 14.6 Å². The lowest BCUT2D eigenvalue weighted by Crippen LogP contribution is -2.51. The van der Waals surface area contributed by atoms with Gasteiger partial charge in [0.05, 0.1) is 12.3 Å². The van der Waals surface area contributed by atoms with E-state index in [1.54, 1.807) is 0 Å². The van der Waals surface area contributed by atoms with Crippen LogP contribution in [-0.2, 0) is 13.1 Å². The van der Waals surface area contributed by atoms with Crippen molar-refractivity contribution in [1.29, 1.82) is 0 Å². The van der Waals surface area contributed by atoms with E-state index in [1.807, 2.05) is 66.3 Å². The maximum atomic E-state index is 11.0. The van der Waals surface area contributed by atoms with Gasteiger partial charge >= 0.3 is 0 Å². The van der Waals surface area contributed by atoms with Gasteiger partial charge in [0, 0.05) is 32.3 Å². The Balaban J connectivity index is 1.21. The largest absolute Gasteiger partial charge is 0.494 e. The number of piperidine rings is 1. The topological polar surface area (TPSA) is 59.8 Å². The number of aliphatic hydroxyl groups is 1. The molecule has 1 aromatic heterocycles. The first-order chi connectivity index (χ1) is 15.6. The molecule has 1 aliphatic heterocycles. The van der Waals surface area contributed by atoms with Crippen molar-refractivity contribution in [2.75, 3.05) is 26.3 Å². The summed E-state index contributed by atoms with van der Waals surface area (Å²) in [5, 5.41) is 15.4. The van der Waals surface area contributed by atoms with E-state index in [0.29, 0.717) is 19.8 Å². The lowest BCUT2D eigenvalue weighted by atomic mass is 9.93. The number of rotatable bonds is 10. The number of para-hydroxylation sites is 1. The third kappa shape index (κ3) is 6.58. The van der Waals surface area contributed by atoms with Crippen LogP contribution in [0.3, 0.4) is 0 Å². The van der Waals surface area contributed by atoms with Crippen molar-refractivity contribution in [3.63, 3.8) is 0 Å². The first kappa shape index (κ1) is 22.4. The van der Waals surface area contributed by atoms with Gasteiger partial charge in [-0.15, -0.1) is 0 Å². The van der Waals surface area contributed by atoms with Crippen LogP contribution in [0.4, 0.5) is 0 Å². The van der Waals surface area contributed by atoms with E-state index in [9.17, 15) is 5.11 Å². The minimum atomic E-state index is -0.815. The Hall–Kier alpha value is -2.83. The van der Waals surface area contributed by atoms with Gasteiger partial charge in [-0.25, -0.2) is 0 Å². The van der Waals surface area contributed by atoms with Crippen LogP contribution in [0.5, 0.6) is 11.5 Å². The van der Waals surface area contributed by atoms with Gasteiger partial charge < -0.3 is 14.6 Å². The highest BCUT2D eigenvalue weighted by molar-refractivity contribution is 5.27. The molecule has 1 N–H and O–H groups in total. The van der Waals surface area contributed by atoms with E-state index in [-0.39, 0.29) is 0 Å². The summed E-state index contributed by atoms with van der Waals surface area (Å²) in [6.45, 7) is 6.25. The highest BCUT2D eigenvalue weighted by Gasteiger charge is 2.34. The van der Waals surface area contributed by atoms with Gasteiger partial charge in [0.25, 0.3) is 0 Å². The van der Waals surface area contributed by atoms with Gasteiger partial charge in [0.2, 0.25) is 0 Å². The molecule has 0 spiro atoms. The Kier molecular flexibility index (Phi) is 7.45. The van der Waals surface area contributed by atoms with Gasteiger partial charge in [-0.2, -0.15) is 5.10 Å². The van der Waals surface area contributed by atoms with Crippen LogP contribution in [0.25, 0.3) is 0 Å².